The van der Waals surface area contributed by atoms with Crippen LogP contribution in [-0.2, 0) is 13.2 Å². The average molecular weight is 362 g/mol. The average Bonchev–Trinajstić information content (AvgIpc) is 3.27. The van der Waals surface area contributed by atoms with E-state index in [-0.39, 0.29) is 0 Å². The zero-order valence-corrected chi connectivity index (χ0v) is 16.0. The molecule has 4 nitrogen and oxygen atoms in total. The predicted octanol–water partition coefficient (Wildman–Crippen LogP) is 5.21. The van der Waals surface area contributed by atoms with E-state index >= 15 is 0 Å². The molecule has 0 saturated carbocycles. The van der Waals surface area contributed by atoms with Gasteiger partial charge >= 0.3 is 0 Å². The summed E-state index contributed by atoms with van der Waals surface area (Å²) in [5.74, 6) is 2.32. The molecule has 2 heterocycles. The Morgan fingerprint density at radius 3 is 2.78 bits per heavy atom. The number of aryl methyl sites for hydroxylation is 1. The van der Waals surface area contributed by atoms with Crippen LogP contribution in [0.2, 0.25) is 0 Å². The van der Waals surface area contributed by atoms with Crippen LogP contribution in [0.15, 0.2) is 59.0 Å². The van der Waals surface area contributed by atoms with Crippen molar-refractivity contribution in [3.05, 3.63) is 71.6 Å². The first kappa shape index (κ1) is 17.8. The van der Waals surface area contributed by atoms with Crippen LogP contribution >= 0.6 is 0 Å². The second-order valence-electron chi connectivity index (χ2n) is 7.29. The molecule has 0 amide bonds. The van der Waals surface area contributed by atoms with Gasteiger partial charge in [-0.3, -0.25) is 4.90 Å². The minimum atomic E-state index is 0.408. The molecule has 0 N–H and O–H groups in total. The fourth-order valence-electron chi connectivity index (χ4n) is 3.61. The molecule has 1 saturated heterocycles. The van der Waals surface area contributed by atoms with Gasteiger partial charge in [-0.05, 0) is 63.1 Å². The van der Waals surface area contributed by atoms with Crippen LogP contribution in [0, 0.1) is 6.92 Å². The summed E-state index contributed by atoms with van der Waals surface area (Å²) in [6.45, 7) is 6.83. The third kappa shape index (κ3) is 4.22. The number of likely N-dealkylation sites (tertiary alicyclic amines) is 1. The highest BCUT2D eigenvalue weighted by Crippen LogP contribution is 2.24. The molecule has 1 aliphatic heterocycles. The van der Waals surface area contributed by atoms with Crippen molar-refractivity contribution in [2.75, 3.05) is 6.54 Å². The summed E-state index contributed by atoms with van der Waals surface area (Å²) in [7, 11) is 0. The standard InChI is InChI=1S/C23H26N2O2/c1-17-8-7-13-25(17)15-19-9-6-12-21(14-19)26-16-22-18(2)27-23(24-22)20-10-4-3-5-11-20/h3-6,9-12,14,17H,7-8,13,15-16H2,1-2H3. The highest BCUT2D eigenvalue weighted by molar-refractivity contribution is 5.53. The quantitative estimate of drug-likeness (QED) is 0.603. The Hall–Kier alpha value is -2.59. The summed E-state index contributed by atoms with van der Waals surface area (Å²) in [5, 5.41) is 0. The van der Waals surface area contributed by atoms with Gasteiger partial charge in [0.15, 0.2) is 0 Å². The zero-order valence-electron chi connectivity index (χ0n) is 16.0. The molecule has 0 bridgehead atoms. The van der Waals surface area contributed by atoms with Crippen LogP contribution in [0.3, 0.4) is 0 Å². The van der Waals surface area contributed by atoms with Crippen molar-refractivity contribution >= 4 is 0 Å². The molecule has 3 aromatic rings. The van der Waals surface area contributed by atoms with Gasteiger partial charge in [0.05, 0.1) is 0 Å². The lowest BCUT2D eigenvalue weighted by Crippen LogP contribution is -2.26. The molecule has 0 aliphatic carbocycles. The number of ether oxygens (including phenoxy) is 1. The van der Waals surface area contributed by atoms with Gasteiger partial charge in [-0.25, -0.2) is 4.98 Å². The summed E-state index contributed by atoms with van der Waals surface area (Å²) < 4.78 is 11.8. The molecule has 2 aromatic carbocycles. The number of rotatable bonds is 6. The second kappa shape index (κ2) is 7.97. The van der Waals surface area contributed by atoms with E-state index in [1.807, 2.05) is 43.3 Å². The first-order valence-electron chi connectivity index (χ1n) is 9.66. The molecule has 0 spiro atoms. The molecule has 140 valence electrons. The highest BCUT2D eigenvalue weighted by atomic mass is 16.5. The number of hydrogen-bond donors (Lipinski definition) is 0. The summed E-state index contributed by atoms with van der Waals surface area (Å²) in [6.07, 6.45) is 2.60. The molecule has 4 rings (SSSR count). The monoisotopic (exact) mass is 362 g/mol. The van der Waals surface area contributed by atoms with E-state index in [1.54, 1.807) is 0 Å². The first-order chi connectivity index (χ1) is 13.2. The van der Waals surface area contributed by atoms with Gasteiger partial charge in [-0.15, -0.1) is 0 Å². The van der Waals surface area contributed by atoms with Crippen LogP contribution in [0.4, 0.5) is 0 Å². The van der Waals surface area contributed by atoms with Gasteiger partial charge in [0.2, 0.25) is 5.89 Å². The minimum Gasteiger partial charge on any atom is -0.487 e. The predicted molar refractivity (Wildman–Crippen MR) is 107 cm³/mol. The molecular formula is C23H26N2O2. The van der Waals surface area contributed by atoms with E-state index in [1.165, 1.54) is 24.9 Å². The molecule has 4 heteroatoms. The van der Waals surface area contributed by atoms with E-state index in [2.05, 4.69) is 35.0 Å². The number of nitrogens with zero attached hydrogens (tertiary/aromatic N) is 2. The van der Waals surface area contributed by atoms with E-state index in [9.17, 15) is 0 Å². The number of hydrogen-bond acceptors (Lipinski definition) is 4. The van der Waals surface area contributed by atoms with Crippen molar-refractivity contribution in [3.8, 4) is 17.2 Å². The van der Waals surface area contributed by atoms with Gasteiger partial charge in [0.25, 0.3) is 0 Å². The van der Waals surface area contributed by atoms with Crippen molar-refractivity contribution in [3.63, 3.8) is 0 Å². The maximum absolute atomic E-state index is 6.01. The Morgan fingerprint density at radius 1 is 1.15 bits per heavy atom. The number of benzene rings is 2. The van der Waals surface area contributed by atoms with Crippen LogP contribution in [0.5, 0.6) is 5.75 Å². The number of oxazole rings is 1. The smallest absolute Gasteiger partial charge is 0.226 e. The largest absolute Gasteiger partial charge is 0.487 e. The fraction of sp³-hybridized carbons (Fsp3) is 0.348. The van der Waals surface area contributed by atoms with E-state index < -0.39 is 0 Å². The maximum Gasteiger partial charge on any atom is 0.226 e. The zero-order chi connectivity index (χ0) is 18.6. The molecule has 1 atom stereocenters. The van der Waals surface area contributed by atoms with Gasteiger partial charge in [0.1, 0.15) is 23.8 Å². The van der Waals surface area contributed by atoms with Crippen LogP contribution in [0.25, 0.3) is 11.5 Å². The Bertz CT molecular complexity index is 888. The minimum absolute atomic E-state index is 0.408. The molecular weight excluding hydrogens is 336 g/mol. The van der Waals surface area contributed by atoms with Crippen molar-refractivity contribution in [2.24, 2.45) is 0 Å². The summed E-state index contributed by atoms with van der Waals surface area (Å²) in [5.41, 5.74) is 3.11. The van der Waals surface area contributed by atoms with Crippen LogP contribution in [-0.4, -0.2) is 22.5 Å². The summed E-state index contributed by atoms with van der Waals surface area (Å²) in [4.78, 5) is 7.15. The highest BCUT2D eigenvalue weighted by Gasteiger charge is 2.20. The third-order valence-corrected chi connectivity index (χ3v) is 5.26. The topological polar surface area (TPSA) is 38.5 Å². The van der Waals surface area contributed by atoms with Gasteiger partial charge in [-0.1, -0.05) is 30.3 Å². The lowest BCUT2D eigenvalue weighted by Gasteiger charge is -2.21. The van der Waals surface area contributed by atoms with Crippen LogP contribution in [0.1, 0.15) is 36.8 Å². The lowest BCUT2D eigenvalue weighted by atomic mass is 10.2. The summed E-state index contributed by atoms with van der Waals surface area (Å²) in [6, 6.07) is 19.0. The second-order valence-corrected chi connectivity index (χ2v) is 7.29. The lowest BCUT2D eigenvalue weighted by molar-refractivity contribution is 0.259. The molecule has 1 unspecified atom stereocenters. The van der Waals surface area contributed by atoms with Gasteiger partial charge in [0, 0.05) is 18.2 Å². The van der Waals surface area contributed by atoms with E-state index in [0.717, 1.165) is 29.3 Å². The third-order valence-electron chi connectivity index (χ3n) is 5.26. The van der Waals surface area contributed by atoms with Crippen molar-refractivity contribution in [1.82, 2.24) is 9.88 Å². The van der Waals surface area contributed by atoms with Crippen molar-refractivity contribution < 1.29 is 9.15 Å². The normalized spacial score (nSPS) is 17.3. The maximum atomic E-state index is 6.01. The van der Waals surface area contributed by atoms with Crippen molar-refractivity contribution in [1.29, 1.82) is 0 Å². The van der Waals surface area contributed by atoms with E-state index in [4.69, 9.17) is 9.15 Å². The molecule has 1 aromatic heterocycles. The van der Waals surface area contributed by atoms with Gasteiger partial charge in [-0.2, -0.15) is 0 Å². The Balaban J connectivity index is 1.42. The first-order valence-corrected chi connectivity index (χ1v) is 9.66. The SMILES string of the molecule is Cc1oc(-c2ccccc2)nc1COc1cccc(CN2CCCC2C)c1. The van der Waals surface area contributed by atoms with Crippen molar-refractivity contribution in [2.45, 2.75) is 45.9 Å². The fourth-order valence-corrected chi connectivity index (χ4v) is 3.61. The van der Waals surface area contributed by atoms with Gasteiger partial charge < -0.3 is 9.15 Å². The molecule has 1 aliphatic rings. The molecule has 27 heavy (non-hydrogen) atoms. The van der Waals surface area contributed by atoms with E-state index in [0.29, 0.717) is 18.5 Å². The molecule has 0 radical (unpaired) electrons. The Kier molecular flexibility index (Phi) is 5.26. The molecule has 1 fully saturated rings. The summed E-state index contributed by atoms with van der Waals surface area (Å²) >= 11 is 0. The number of aromatic nitrogens is 1. The Labute approximate surface area is 160 Å². The van der Waals surface area contributed by atoms with Crippen LogP contribution < -0.4 is 4.74 Å². The Morgan fingerprint density at radius 2 is 2.00 bits per heavy atom.